The van der Waals surface area contributed by atoms with Gasteiger partial charge in [-0.05, 0) is 31.3 Å². The van der Waals surface area contributed by atoms with Crippen LogP contribution in [0.1, 0.15) is 12.5 Å². The van der Waals surface area contributed by atoms with Crippen LogP contribution in [-0.4, -0.2) is 27.6 Å². The maximum Gasteiger partial charge on any atom is 0.296 e. The third-order valence-corrected chi connectivity index (χ3v) is 4.77. The van der Waals surface area contributed by atoms with E-state index in [1.165, 1.54) is 21.2 Å². The number of rotatable bonds is 2. The Bertz CT molecular complexity index is 1030. The van der Waals surface area contributed by atoms with Gasteiger partial charge in [0.2, 0.25) is 0 Å². The van der Waals surface area contributed by atoms with Gasteiger partial charge in [-0.1, -0.05) is 36.4 Å². The molecule has 2 aromatic carbocycles. The maximum atomic E-state index is 12.2. The SMILES string of the molecule is CCn1c2ccccc2c2cccc(C=C3OC(=S)N(C)C3=O)c21. The highest BCUT2D eigenvalue weighted by molar-refractivity contribution is 7.80. The summed E-state index contributed by atoms with van der Waals surface area (Å²) in [6.07, 6.45) is 1.78. The lowest BCUT2D eigenvalue weighted by atomic mass is 10.1. The molecule has 0 N–H and O–H groups in total. The molecule has 0 spiro atoms. The van der Waals surface area contributed by atoms with Gasteiger partial charge >= 0.3 is 0 Å². The number of aromatic nitrogens is 1. The Labute approximate surface area is 144 Å². The predicted octanol–water partition coefficient (Wildman–Crippen LogP) is 3.93. The van der Waals surface area contributed by atoms with Crippen molar-refractivity contribution in [1.29, 1.82) is 0 Å². The summed E-state index contributed by atoms with van der Waals surface area (Å²) in [4.78, 5) is 13.6. The number of aryl methyl sites for hydroxylation is 1. The zero-order chi connectivity index (χ0) is 16.8. The van der Waals surface area contributed by atoms with Gasteiger partial charge in [-0.25, -0.2) is 0 Å². The Morgan fingerprint density at radius 1 is 1.12 bits per heavy atom. The molecule has 5 heteroatoms. The standard InChI is InChI=1S/C19H16N2O2S/c1-3-21-15-10-5-4-8-13(15)14-9-6-7-12(17(14)21)11-16-18(22)20(2)19(24)23-16/h4-11H,3H2,1-2H3. The van der Waals surface area contributed by atoms with Crippen molar-refractivity contribution in [1.82, 2.24) is 9.47 Å². The number of amides is 1. The van der Waals surface area contributed by atoms with E-state index in [1.807, 2.05) is 24.3 Å². The number of thiocarbonyl (C=S) groups is 1. The zero-order valence-electron chi connectivity index (χ0n) is 13.4. The largest absolute Gasteiger partial charge is 0.426 e. The van der Waals surface area contributed by atoms with Crippen LogP contribution in [0.15, 0.2) is 48.2 Å². The number of hydrogen-bond donors (Lipinski definition) is 0. The van der Waals surface area contributed by atoms with Crippen LogP contribution in [0.3, 0.4) is 0 Å². The van der Waals surface area contributed by atoms with Crippen LogP contribution in [0, 0.1) is 0 Å². The quantitative estimate of drug-likeness (QED) is 0.525. The highest BCUT2D eigenvalue weighted by atomic mass is 32.1. The monoisotopic (exact) mass is 336 g/mol. The first kappa shape index (κ1) is 14.9. The number of carbonyl (C=O) groups is 1. The molecule has 1 saturated heterocycles. The molecule has 0 radical (unpaired) electrons. The van der Waals surface area contributed by atoms with Crippen molar-refractivity contribution in [2.24, 2.45) is 0 Å². The molecule has 0 saturated carbocycles. The molecule has 4 rings (SSSR count). The summed E-state index contributed by atoms with van der Waals surface area (Å²) < 4.78 is 7.71. The fourth-order valence-corrected chi connectivity index (χ4v) is 3.44. The number of hydrogen-bond acceptors (Lipinski definition) is 3. The van der Waals surface area contributed by atoms with Crippen LogP contribution in [-0.2, 0) is 16.1 Å². The molecule has 3 aromatic rings. The van der Waals surface area contributed by atoms with Gasteiger partial charge in [-0.15, -0.1) is 0 Å². The molecule has 2 heterocycles. The minimum absolute atomic E-state index is 0.189. The van der Waals surface area contributed by atoms with E-state index in [-0.39, 0.29) is 16.8 Å². The van der Waals surface area contributed by atoms with Gasteiger partial charge in [-0.3, -0.25) is 9.69 Å². The molecule has 1 aliphatic heterocycles. The third-order valence-electron chi connectivity index (χ3n) is 4.41. The van der Waals surface area contributed by atoms with Crippen LogP contribution in [0.2, 0.25) is 0 Å². The summed E-state index contributed by atoms with van der Waals surface area (Å²) in [7, 11) is 1.62. The Kier molecular flexibility index (Phi) is 3.39. The lowest BCUT2D eigenvalue weighted by Crippen LogP contribution is -2.22. The van der Waals surface area contributed by atoms with Crippen molar-refractivity contribution in [2.45, 2.75) is 13.5 Å². The second-order valence-corrected chi connectivity index (χ2v) is 6.09. The van der Waals surface area contributed by atoms with Crippen LogP contribution in [0.5, 0.6) is 0 Å². The first-order valence-corrected chi connectivity index (χ1v) is 8.24. The zero-order valence-corrected chi connectivity index (χ0v) is 14.3. The fourth-order valence-electron chi connectivity index (χ4n) is 3.27. The molecule has 0 atom stereocenters. The van der Waals surface area contributed by atoms with Crippen LogP contribution >= 0.6 is 12.2 Å². The molecule has 120 valence electrons. The van der Waals surface area contributed by atoms with E-state index in [2.05, 4.69) is 29.7 Å². The predicted molar refractivity (Wildman–Crippen MR) is 99.5 cm³/mol. The van der Waals surface area contributed by atoms with E-state index in [1.54, 1.807) is 13.1 Å². The summed E-state index contributed by atoms with van der Waals surface area (Å²) in [6, 6.07) is 14.4. The van der Waals surface area contributed by atoms with E-state index < -0.39 is 0 Å². The van der Waals surface area contributed by atoms with Gasteiger partial charge in [0.25, 0.3) is 11.1 Å². The second-order valence-electron chi connectivity index (χ2n) is 5.75. The van der Waals surface area contributed by atoms with E-state index >= 15 is 0 Å². The third kappa shape index (κ3) is 2.05. The van der Waals surface area contributed by atoms with Crippen molar-refractivity contribution in [2.75, 3.05) is 7.05 Å². The molecule has 4 nitrogen and oxygen atoms in total. The van der Waals surface area contributed by atoms with E-state index in [4.69, 9.17) is 17.0 Å². The Balaban J connectivity index is 2.01. The topological polar surface area (TPSA) is 34.5 Å². The second kappa shape index (κ2) is 5.46. The molecule has 1 amide bonds. The van der Waals surface area contributed by atoms with Gasteiger partial charge in [0, 0.05) is 35.4 Å². The number of para-hydroxylation sites is 2. The van der Waals surface area contributed by atoms with Gasteiger partial charge < -0.3 is 9.30 Å². The minimum Gasteiger partial charge on any atom is -0.426 e. The first-order valence-electron chi connectivity index (χ1n) is 7.83. The highest BCUT2D eigenvalue weighted by Crippen LogP contribution is 2.32. The number of benzene rings is 2. The lowest BCUT2D eigenvalue weighted by molar-refractivity contribution is -0.122. The van der Waals surface area contributed by atoms with Crippen molar-refractivity contribution >= 4 is 51.2 Å². The molecule has 1 fully saturated rings. The molecular formula is C19H16N2O2S. The van der Waals surface area contributed by atoms with Gasteiger partial charge in [0.05, 0.1) is 5.52 Å². The maximum absolute atomic E-state index is 12.2. The smallest absolute Gasteiger partial charge is 0.296 e. The van der Waals surface area contributed by atoms with Gasteiger partial charge in [0.1, 0.15) is 0 Å². The Hall–Kier alpha value is -2.66. The van der Waals surface area contributed by atoms with E-state index in [0.29, 0.717) is 0 Å². The van der Waals surface area contributed by atoms with Crippen LogP contribution in [0.4, 0.5) is 0 Å². The summed E-state index contributed by atoms with van der Waals surface area (Å²) in [5, 5.41) is 2.57. The highest BCUT2D eigenvalue weighted by Gasteiger charge is 2.30. The average molecular weight is 336 g/mol. The van der Waals surface area contributed by atoms with E-state index in [0.717, 1.165) is 17.6 Å². The summed E-state index contributed by atoms with van der Waals surface area (Å²) in [5.41, 5.74) is 3.24. The normalized spacial score (nSPS) is 16.6. The molecule has 24 heavy (non-hydrogen) atoms. The average Bonchev–Trinajstić information content (AvgIpc) is 3.05. The number of likely N-dealkylation sites (N-methyl/N-ethyl adjacent to an activating group) is 1. The molecule has 0 aliphatic carbocycles. The number of fused-ring (bicyclic) bond motifs is 3. The molecular weight excluding hydrogens is 320 g/mol. The Morgan fingerprint density at radius 3 is 2.58 bits per heavy atom. The first-order chi connectivity index (χ1) is 11.6. The Morgan fingerprint density at radius 2 is 1.88 bits per heavy atom. The summed E-state index contributed by atoms with van der Waals surface area (Å²) >= 11 is 5.05. The molecule has 1 aromatic heterocycles. The van der Waals surface area contributed by atoms with E-state index in [9.17, 15) is 4.79 Å². The summed E-state index contributed by atoms with van der Waals surface area (Å²) in [6.45, 7) is 2.97. The number of carbonyl (C=O) groups excluding carboxylic acids is 1. The van der Waals surface area contributed by atoms with Gasteiger partial charge in [0.15, 0.2) is 5.76 Å². The van der Waals surface area contributed by atoms with Crippen LogP contribution in [0.25, 0.3) is 27.9 Å². The minimum atomic E-state index is -0.212. The molecule has 0 bridgehead atoms. The van der Waals surface area contributed by atoms with Crippen molar-refractivity contribution in [3.63, 3.8) is 0 Å². The number of ether oxygens (including phenoxy) is 1. The fraction of sp³-hybridized carbons (Fsp3) is 0.158. The van der Waals surface area contributed by atoms with Crippen molar-refractivity contribution in [3.8, 4) is 0 Å². The van der Waals surface area contributed by atoms with Crippen LogP contribution < -0.4 is 0 Å². The summed E-state index contributed by atoms with van der Waals surface area (Å²) in [5.74, 6) is 0.0547. The van der Waals surface area contributed by atoms with Crippen molar-refractivity contribution < 1.29 is 9.53 Å². The van der Waals surface area contributed by atoms with Crippen molar-refractivity contribution in [3.05, 3.63) is 53.8 Å². The number of nitrogens with zero attached hydrogens (tertiary/aromatic N) is 2. The lowest BCUT2D eigenvalue weighted by Gasteiger charge is -2.06. The van der Waals surface area contributed by atoms with Gasteiger partial charge in [-0.2, -0.15) is 0 Å². The molecule has 0 unspecified atom stereocenters. The molecule has 1 aliphatic rings.